The summed E-state index contributed by atoms with van der Waals surface area (Å²) in [6, 6.07) is 9.97. The van der Waals surface area contributed by atoms with Gasteiger partial charge in [0.05, 0.1) is 12.0 Å². The Hall–Kier alpha value is -2.67. The van der Waals surface area contributed by atoms with Gasteiger partial charge in [-0.2, -0.15) is 0 Å². The van der Waals surface area contributed by atoms with Crippen LogP contribution in [0.5, 0.6) is 5.88 Å². The van der Waals surface area contributed by atoms with E-state index in [1.807, 2.05) is 30.3 Å². The number of allylic oxidation sites excluding steroid dienone is 2. The molecule has 0 saturated carbocycles. The number of aromatic amines is 1. The maximum atomic E-state index is 13.0. The van der Waals surface area contributed by atoms with Crippen molar-refractivity contribution < 1.29 is 13.2 Å². The molecular formula is C19H19N3O3S. The molecule has 26 heavy (non-hydrogen) atoms. The minimum absolute atomic E-state index is 0.191. The van der Waals surface area contributed by atoms with E-state index in [1.165, 1.54) is 12.5 Å². The molecule has 1 N–H and O–H groups in total. The molecule has 1 aliphatic carbocycles. The highest BCUT2D eigenvalue weighted by atomic mass is 32.2. The minimum atomic E-state index is -3.55. The van der Waals surface area contributed by atoms with Crippen molar-refractivity contribution in [2.45, 2.75) is 30.6 Å². The zero-order valence-electron chi connectivity index (χ0n) is 14.2. The zero-order chi connectivity index (χ0) is 18.0. The summed E-state index contributed by atoms with van der Waals surface area (Å²) in [5.41, 5.74) is 1.61. The zero-order valence-corrected chi connectivity index (χ0v) is 15.0. The van der Waals surface area contributed by atoms with Gasteiger partial charge in [0.1, 0.15) is 16.9 Å². The molecule has 2 aromatic heterocycles. The lowest BCUT2D eigenvalue weighted by Gasteiger charge is -2.08. The summed E-state index contributed by atoms with van der Waals surface area (Å²) in [5, 5.41) is 0.424. The number of hydrogen-bond donors (Lipinski definition) is 1. The van der Waals surface area contributed by atoms with Crippen LogP contribution < -0.4 is 4.74 Å². The molecule has 134 valence electrons. The fraction of sp³-hybridized carbons (Fsp3) is 0.263. The molecule has 0 radical (unpaired) electrons. The summed E-state index contributed by atoms with van der Waals surface area (Å²) < 4.78 is 31.7. The summed E-state index contributed by atoms with van der Waals surface area (Å²) in [6.45, 7) is 0.406. The number of nitrogens with one attached hydrogen (secondary N) is 1. The number of benzene rings is 1. The first-order valence-corrected chi connectivity index (χ1v) is 10.1. The van der Waals surface area contributed by atoms with E-state index in [0.29, 0.717) is 41.3 Å². The molecule has 0 unspecified atom stereocenters. The normalized spacial score (nSPS) is 14.5. The van der Waals surface area contributed by atoms with Crippen molar-refractivity contribution in [3.05, 3.63) is 59.4 Å². The van der Waals surface area contributed by atoms with E-state index in [0.717, 1.165) is 18.4 Å². The highest BCUT2D eigenvalue weighted by Gasteiger charge is 2.28. The van der Waals surface area contributed by atoms with Crippen molar-refractivity contribution in [3.63, 3.8) is 0 Å². The van der Waals surface area contributed by atoms with Crippen LogP contribution in [0.15, 0.2) is 58.7 Å². The molecule has 6 nitrogen and oxygen atoms in total. The van der Waals surface area contributed by atoms with Crippen molar-refractivity contribution in [2.24, 2.45) is 0 Å². The molecule has 3 aromatic rings. The molecule has 4 rings (SSSR count). The van der Waals surface area contributed by atoms with Gasteiger partial charge < -0.3 is 9.72 Å². The van der Waals surface area contributed by atoms with E-state index >= 15 is 0 Å². The first-order chi connectivity index (χ1) is 12.7. The number of aromatic nitrogens is 3. The average Bonchev–Trinajstić information content (AvgIpc) is 3.33. The van der Waals surface area contributed by atoms with Crippen LogP contribution in [0.4, 0.5) is 0 Å². The lowest BCUT2D eigenvalue weighted by Crippen LogP contribution is -2.06. The maximum Gasteiger partial charge on any atom is 0.227 e. The maximum absolute atomic E-state index is 13.0. The van der Waals surface area contributed by atoms with Crippen molar-refractivity contribution in [1.82, 2.24) is 15.0 Å². The number of nitrogens with zero attached hydrogens (tertiary/aromatic N) is 2. The Morgan fingerprint density at radius 1 is 1.15 bits per heavy atom. The van der Waals surface area contributed by atoms with Crippen LogP contribution >= 0.6 is 0 Å². The Bertz CT molecular complexity index is 1060. The molecule has 0 fully saturated rings. The first-order valence-electron chi connectivity index (χ1n) is 8.59. The van der Waals surface area contributed by atoms with E-state index in [2.05, 4.69) is 15.0 Å². The van der Waals surface area contributed by atoms with E-state index in [4.69, 9.17) is 4.74 Å². The number of H-pyrrole nitrogens is 1. The SMILES string of the molecule is O=S(=O)(C1=CCCC1)c1c[nH]c2ncnc(OCCc3ccccc3)c12. The molecule has 1 aromatic carbocycles. The van der Waals surface area contributed by atoms with Crippen LogP contribution in [0.3, 0.4) is 0 Å². The van der Waals surface area contributed by atoms with Crippen molar-refractivity contribution in [3.8, 4) is 5.88 Å². The van der Waals surface area contributed by atoms with Crippen LogP contribution in [0, 0.1) is 0 Å². The van der Waals surface area contributed by atoms with Crippen LogP contribution in [0.1, 0.15) is 24.8 Å². The smallest absolute Gasteiger partial charge is 0.227 e. The van der Waals surface area contributed by atoms with E-state index < -0.39 is 9.84 Å². The van der Waals surface area contributed by atoms with Crippen LogP contribution in [0.2, 0.25) is 0 Å². The number of hydrogen-bond acceptors (Lipinski definition) is 5. The molecule has 0 saturated heterocycles. The van der Waals surface area contributed by atoms with Gasteiger partial charge in [-0.3, -0.25) is 0 Å². The molecule has 0 spiro atoms. The second kappa shape index (κ2) is 6.92. The third-order valence-corrected chi connectivity index (χ3v) is 6.47. The van der Waals surface area contributed by atoms with Gasteiger partial charge in [0.25, 0.3) is 0 Å². The van der Waals surface area contributed by atoms with Crippen LogP contribution in [0.25, 0.3) is 11.0 Å². The number of fused-ring (bicyclic) bond motifs is 1. The Morgan fingerprint density at radius 3 is 2.77 bits per heavy atom. The predicted octanol–water partition coefficient (Wildman–Crippen LogP) is 3.42. The molecule has 0 bridgehead atoms. The third kappa shape index (κ3) is 3.10. The van der Waals surface area contributed by atoms with E-state index in [1.54, 1.807) is 6.08 Å². The lowest BCUT2D eigenvalue weighted by molar-refractivity contribution is 0.313. The molecule has 0 atom stereocenters. The van der Waals surface area contributed by atoms with Crippen LogP contribution in [-0.4, -0.2) is 30.0 Å². The summed E-state index contributed by atoms with van der Waals surface area (Å²) in [7, 11) is -3.55. The predicted molar refractivity (Wildman–Crippen MR) is 98.6 cm³/mol. The van der Waals surface area contributed by atoms with Gasteiger partial charge in [-0.05, 0) is 24.8 Å². The third-order valence-electron chi connectivity index (χ3n) is 4.51. The summed E-state index contributed by atoms with van der Waals surface area (Å²) in [6.07, 6.45) is 7.62. The highest BCUT2D eigenvalue weighted by Crippen LogP contribution is 2.35. The Morgan fingerprint density at radius 2 is 2.00 bits per heavy atom. The number of rotatable bonds is 6. The summed E-state index contributed by atoms with van der Waals surface area (Å²) >= 11 is 0. The fourth-order valence-corrected chi connectivity index (χ4v) is 4.86. The van der Waals surface area contributed by atoms with Crippen LogP contribution in [-0.2, 0) is 16.3 Å². The van der Waals surface area contributed by atoms with Crippen molar-refractivity contribution in [1.29, 1.82) is 0 Å². The number of sulfone groups is 1. The Balaban J connectivity index is 1.64. The Labute approximate surface area is 151 Å². The van der Waals surface area contributed by atoms with Gasteiger partial charge in [0, 0.05) is 17.5 Å². The summed E-state index contributed by atoms with van der Waals surface area (Å²) in [5.74, 6) is 0.296. The van der Waals surface area contributed by atoms with E-state index in [-0.39, 0.29) is 4.90 Å². The molecule has 1 aliphatic rings. The van der Waals surface area contributed by atoms with Gasteiger partial charge in [-0.1, -0.05) is 36.4 Å². The topological polar surface area (TPSA) is 84.9 Å². The second-order valence-corrected chi connectivity index (χ2v) is 8.18. The van der Waals surface area contributed by atoms with E-state index in [9.17, 15) is 8.42 Å². The molecule has 2 heterocycles. The quantitative estimate of drug-likeness (QED) is 0.720. The standard InChI is InChI=1S/C19H19N3O3S/c23-26(24,15-8-4-5-9-15)16-12-20-18-17(16)19(22-13-21-18)25-11-10-14-6-2-1-3-7-14/h1-3,6-8,12-13H,4-5,9-11H2,(H,20,21,22). The van der Waals surface area contributed by atoms with Gasteiger partial charge in [-0.25, -0.2) is 18.4 Å². The van der Waals surface area contributed by atoms with Crippen molar-refractivity contribution in [2.75, 3.05) is 6.61 Å². The monoisotopic (exact) mass is 369 g/mol. The first kappa shape index (κ1) is 16.8. The Kier molecular flexibility index (Phi) is 4.46. The molecular weight excluding hydrogens is 350 g/mol. The van der Waals surface area contributed by atoms with Crippen molar-refractivity contribution >= 4 is 20.9 Å². The number of ether oxygens (including phenoxy) is 1. The lowest BCUT2D eigenvalue weighted by atomic mass is 10.2. The van der Waals surface area contributed by atoms with Gasteiger partial charge in [0.15, 0.2) is 0 Å². The largest absolute Gasteiger partial charge is 0.477 e. The minimum Gasteiger partial charge on any atom is -0.477 e. The van der Waals surface area contributed by atoms with Gasteiger partial charge in [0.2, 0.25) is 15.7 Å². The van der Waals surface area contributed by atoms with Gasteiger partial charge >= 0.3 is 0 Å². The second-order valence-electron chi connectivity index (χ2n) is 6.21. The molecule has 7 heteroatoms. The summed E-state index contributed by atoms with van der Waals surface area (Å²) in [4.78, 5) is 11.9. The fourth-order valence-electron chi connectivity index (χ4n) is 3.17. The highest BCUT2D eigenvalue weighted by molar-refractivity contribution is 7.95. The van der Waals surface area contributed by atoms with Gasteiger partial charge in [-0.15, -0.1) is 0 Å². The molecule has 0 amide bonds. The average molecular weight is 369 g/mol. The molecule has 0 aliphatic heterocycles.